The average Bonchev–Trinajstić information content (AvgIpc) is 2.94. The van der Waals surface area contributed by atoms with E-state index < -0.39 is 0 Å². The summed E-state index contributed by atoms with van der Waals surface area (Å²) in [6, 6.07) is 21.5. The lowest BCUT2D eigenvalue weighted by atomic mass is 10.1. The molecule has 1 aliphatic heterocycles. The van der Waals surface area contributed by atoms with Crippen LogP contribution in [0.3, 0.4) is 0 Å². The van der Waals surface area contributed by atoms with Crippen molar-refractivity contribution in [2.24, 2.45) is 0 Å². The maximum Gasteiger partial charge on any atom is 0.261 e. The molecule has 28 heavy (non-hydrogen) atoms. The number of aryl methyl sites for hydroxylation is 1. The van der Waals surface area contributed by atoms with Gasteiger partial charge in [0.2, 0.25) is 0 Å². The minimum atomic E-state index is -0.178. The maximum absolute atomic E-state index is 12.4. The van der Waals surface area contributed by atoms with E-state index in [4.69, 9.17) is 0 Å². The van der Waals surface area contributed by atoms with Crippen molar-refractivity contribution in [3.63, 3.8) is 0 Å². The van der Waals surface area contributed by atoms with Gasteiger partial charge >= 0.3 is 0 Å². The van der Waals surface area contributed by atoms with Crippen molar-refractivity contribution in [3.8, 4) is 0 Å². The third kappa shape index (κ3) is 4.20. The fraction of sp³-hybridized carbons (Fsp3) is 0.174. The van der Waals surface area contributed by atoms with E-state index in [-0.39, 0.29) is 28.8 Å². The van der Waals surface area contributed by atoms with E-state index in [1.165, 1.54) is 16.0 Å². The van der Waals surface area contributed by atoms with Gasteiger partial charge in [-0.15, -0.1) is 0 Å². The van der Waals surface area contributed by atoms with Crippen LogP contribution in [0.2, 0.25) is 0 Å². The quantitative estimate of drug-likeness (QED) is 0.410. The Balaban J connectivity index is 0.00000225. The highest BCUT2D eigenvalue weighted by Gasteiger charge is 2.34. The number of carbonyl (C=O) groups is 2. The van der Waals surface area contributed by atoms with Crippen LogP contribution in [-0.4, -0.2) is 23.3 Å². The molecule has 3 aromatic rings. The summed E-state index contributed by atoms with van der Waals surface area (Å²) in [6.07, 6.45) is 5.76. The first-order valence-corrected chi connectivity index (χ1v) is 9.19. The van der Waals surface area contributed by atoms with E-state index >= 15 is 0 Å². The first-order valence-electron chi connectivity index (χ1n) is 9.19. The van der Waals surface area contributed by atoms with Gasteiger partial charge in [0, 0.05) is 23.7 Å². The molecule has 0 atom stereocenters. The summed E-state index contributed by atoms with van der Waals surface area (Å²) in [5.41, 5.74) is 3.49. The Morgan fingerprint density at radius 3 is 2.04 bits per heavy atom. The number of nitrogens with zero attached hydrogens (tertiary/aromatic N) is 2. The van der Waals surface area contributed by atoms with Crippen LogP contribution in [-0.2, 0) is 13.0 Å². The van der Waals surface area contributed by atoms with Crippen LogP contribution in [0.4, 0.5) is 0 Å². The number of pyridine rings is 1. The van der Waals surface area contributed by atoms with E-state index in [0.717, 1.165) is 19.4 Å². The number of rotatable bonds is 6. The number of amides is 2. The summed E-state index contributed by atoms with van der Waals surface area (Å²) in [4.78, 5) is 26.2. The topological polar surface area (TPSA) is 41.3 Å². The molecule has 0 radical (unpaired) electrons. The van der Waals surface area contributed by atoms with Gasteiger partial charge in [0.15, 0.2) is 18.9 Å². The zero-order chi connectivity index (χ0) is 18.6. The summed E-state index contributed by atoms with van der Waals surface area (Å²) in [5, 5.41) is 0. The Morgan fingerprint density at radius 1 is 0.750 bits per heavy atom. The van der Waals surface area contributed by atoms with Crippen molar-refractivity contribution in [2.75, 3.05) is 6.54 Å². The Labute approximate surface area is 175 Å². The van der Waals surface area contributed by atoms with Crippen molar-refractivity contribution < 1.29 is 31.1 Å². The minimum absolute atomic E-state index is 0. The fourth-order valence-electron chi connectivity index (χ4n) is 3.50. The van der Waals surface area contributed by atoms with E-state index in [2.05, 4.69) is 35.2 Å². The van der Waals surface area contributed by atoms with E-state index in [1.54, 1.807) is 24.3 Å². The first-order chi connectivity index (χ1) is 13.2. The lowest BCUT2D eigenvalue weighted by Gasteiger charge is -2.13. The molecule has 0 unspecified atom stereocenters. The lowest BCUT2D eigenvalue weighted by Crippen LogP contribution is -3.00. The molecule has 2 amide bonds. The number of halogens is 1. The zero-order valence-electron chi connectivity index (χ0n) is 15.4. The molecule has 1 aromatic heterocycles. The van der Waals surface area contributed by atoms with Crippen molar-refractivity contribution in [1.82, 2.24) is 4.90 Å². The van der Waals surface area contributed by atoms with Crippen LogP contribution in [0.5, 0.6) is 0 Å². The number of aromatic nitrogens is 1. The molecule has 2 aromatic carbocycles. The standard InChI is InChI=1S/C23H21N2O2.BrH/c26-22-20-12-4-5-13-21(20)23(27)25(22)15-7-11-19-10-6-14-24(17-19)16-18-8-2-1-3-9-18;/h1-6,8-10,12-14,17H,7,11,15-16H2;1H/q+1;/p-1. The van der Waals surface area contributed by atoms with Gasteiger partial charge in [-0.05, 0) is 31.0 Å². The van der Waals surface area contributed by atoms with Gasteiger partial charge in [0.1, 0.15) is 0 Å². The molecule has 1 aliphatic rings. The predicted molar refractivity (Wildman–Crippen MR) is 102 cm³/mol. The van der Waals surface area contributed by atoms with Gasteiger partial charge in [-0.2, -0.15) is 0 Å². The Hall–Kier alpha value is -2.79. The number of hydrogen-bond acceptors (Lipinski definition) is 2. The van der Waals surface area contributed by atoms with Gasteiger partial charge in [-0.25, -0.2) is 4.57 Å². The number of benzene rings is 2. The van der Waals surface area contributed by atoms with Crippen LogP contribution in [0.25, 0.3) is 0 Å². The van der Waals surface area contributed by atoms with Crippen LogP contribution >= 0.6 is 0 Å². The molecule has 142 valence electrons. The molecule has 0 saturated carbocycles. The van der Waals surface area contributed by atoms with Crippen LogP contribution < -0.4 is 21.5 Å². The second-order valence-corrected chi connectivity index (χ2v) is 6.78. The molecular weight excluding hydrogens is 416 g/mol. The molecule has 0 N–H and O–H groups in total. The van der Waals surface area contributed by atoms with Gasteiger partial charge < -0.3 is 17.0 Å². The number of imide groups is 1. The first kappa shape index (κ1) is 20.0. The third-order valence-electron chi connectivity index (χ3n) is 4.85. The Bertz CT molecular complexity index is 954. The van der Waals surface area contributed by atoms with Gasteiger partial charge in [0.05, 0.1) is 11.1 Å². The largest absolute Gasteiger partial charge is 1.00 e. The van der Waals surface area contributed by atoms with Crippen LogP contribution in [0.1, 0.15) is 38.3 Å². The Kier molecular flexibility index (Phi) is 6.37. The maximum atomic E-state index is 12.4. The molecule has 0 fully saturated rings. The van der Waals surface area contributed by atoms with Gasteiger partial charge in [-0.1, -0.05) is 42.5 Å². The molecule has 0 spiro atoms. The summed E-state index contributed by atoms with van der Waals surface area (Å²) in [7, 11) is 0. The van der Waals surface area contributed by atoms with E-state index in [1.807, 2.05) is 24.3 Å². The van der Waals surface area contributed by atoms with Crippen molar-refractivity contribution in [3.05, 3.63) is 101 Å². The van der Waals surface area contributed by atoms with Gasteiger partial charge in [0.25, 0.3) is 11.8 Å². The highest BCUT2D eigenvalue weighted by atomic mass is 79.9. The van der Waals surface area contributed by atoms with Crippen molar-refractivity contribution >= 4 is 11.8 Å². The molecule has 2 heterocycles. The highest BCUT2D eigenvalue weighted by molar-refractivity contribution is 6.21. The average molecular weight is 437 g/mol. The summed E-state index contributed by atoms with van der Waals surface area (Å²) >= 11 is 0. The number of hydrogen-bond donors (Lipinski definition) is 0. The van der Waals surface area contributed by atoms with Gasteiger partial charge in [-0.3, -0.25) is 14.5 Å². The molecule has 5 heteroatoms. The normalized spacial score (nSPS) is 12.6. The molecule has 4 nitrogen and oxygen atoms in total. The number of carbonyl (C=O) groups excluding carboxylic acids is 2. The van der Waals surface area contributed by atoms with Crippen LogP contribution in [0, 0.1) is 0 Å². The predicted octanol–water partition coefficient (Wildman–Crippen LogP) is 0.255. The van der Waals surface area contributed by atoms with Crippen LogP contribution in [0.15, 0.2) is 79.1 Å². The monoisotopic (exact) mass is 436 g/mol. The summed E-state index contributed by atoms with van der Waals surface area (Å²) in [6.45, 7) is 1.27. The minimum Gasteiger partial charge on any atom is -1.00 e. The highest BCUT2D eigenvalue weighted by Crippen LogP contribution is 2.22. The molecule has 0 bridgehead atoms. The zero-order valence-corrected chi connectivity index (χ0v) is 17.0. The molecular formula is C23H21BrN2O2. The Morgan fingerprint density at radius 2 is 1.36 bits per heavy atom. The van der Waals surface area contributed by atoms with Crippen molar-refractivity contribution in [1.29, 1.82) is 0 Å². The lowest BCUT2D eigenvalue weighted by molar-refractivity contribution is -0.688. The smallest absolute Gasteiger partial charge is 0.261 e. The molecule has 0 aliphatic carbocycles. The fourth-order valence-corrected chi connectivity index (χ4v) is 3.50. The SMILES string of the molecule is O=C1c2ccccc2C(=O)N1CCCc1ccc[n+](Cc2ccccc2)c1.[Br-]. The molecule has 0 saturated heterocycles. The van der Waals surface area contributed by atoms with Crippen molar-refractivity contribution in [2.45, 2.75) is 19.4 Å². The van der Waals surface area contributed by atoms with E-state index in [9.17, 15) is 9.59 Å². The van der Waals surface area contributed by atoms with E-state index in [0.29, 0.717) is 17.7 Å². The third-order valence-corrected chi connectivity index (χ3v) is 4.85. The second kappa shape index (κ2) is 8.93. The molecule has 4 rings (SSSR count). The second-order valence-electron chi connectivity index (χ2n) is 6.78. The number of fused-ring (bicyclic) bond motifs is 1. The summed E-state index contributed by atoms with van der Waals surface area (Å²) in [5.74, 6) is -0.356. The summed E-state index contributed by atoms with van der Waals surface area (Å²) < 4.78 is 2.16.